The number of H-pyrrole nitrogens is 1. The van der Waals surface area contributed by atoms with Gasteiger partial charge in [0.15, 0.2) is 0 Å². The number of benzene rings is 1. The lowest BCUT2D eigenvalue weighted by Gasteiger charge is -2.42. The molecule has 1 aromatic carbocycles. The molecule has 0 unspecified atom stereocenters. The van der Waals surface area contributed by atoms with Crippen molar-refractivity contribution < 1.29 is 0 Å². The minimum Gasteiger partial charge on any atom is -0.371 e. The summed E-state index contributed by atoms with van der Waals surface area (Å²) in [5, 5.41) is 0. The fourth-order valence-electron chi connectivity index (χ4n) is 4.31. The summed E-state index contributed by atoms with van der Waals surface area (Å²) in [7, 11) is 0. The molecule has 0 bridgehead atoms. The van der Waals surface area contributed by atoms with Crippen LogP contribution in [0.2, 0.25) is 0 Å². The van der Waals surface area contributed by atoms with Gasteiger partial charge in [-0.15, -0.1) is 0 Å². The van der Waals surface area contributed by atoms with Crippen LogP contribution in [0, 0.1) is 6.92 Å². The van der Waals surface area contributed by atoms with Crippen molar-refractivity contribution in [1.29, 1.82) is 0 Å². The molecule has 1 aromatic heterocycles. The molecule has 0 aliphatic carbocycles. The minimum atomic E-state index is 0.587. The van der Waals surface area contributed by atoms with E-state index in [2.05, 4.69) is 51.0 Å². The van der Waals surface area contributed by atoms with Crippen LogP contribution in [-0.4, -0.2) is 47.1 Å². The van der Waals surface area contributed by atoms with Gasteiger partial charge in [0, 0.05) is 49.7 Å². The van der Waals surface area contributed by atoms with Gasteiger partial charge in [-0.05, 0) is 51.3 Å². The van der Waals surface area contributed by atoms with Crippen molar-refractivity contribution in [1.82, 2.24) is 14.9 Å². The predicted octanol–water partition coefficient (Wildman–Crippen LogP) is 3.57. The monoisotopic (exact) mass is 324 g/mol. The Morgan fingerprint density at radius 3 is 2.54 bits per heavy atom. The van der Waals surface area contributed by atoms with Gasteiger partial charge in [0.1, 0.15) is 5.82 Å². The summed E-state index contributed by atoms with van der Waals surface area (Å²) in [6, 6.07) is 9.72. The second-order valence-corrected chi connectivity index (χ2v) is 7.36. The SMILES string of the molecule is Cc1ccc(N2CCC(N3CCC[C@@H](c4ncc[nH]4)C3)CC2)cc1. The van der Waals surface area contributed by atoms with E-state index in [0.29, 0.717) is 5.92 Å². The molecular weight excluding hydrogens is 296 g/mol. The highest BCUT2D eigenvalue weighted by atomic mass is 15.2. The Balaban J connectivity index is 1.34. The lowest BCUT2D eigenvalue weighted by Crippen LogP contribution is -2.48. The van der Waals surface area contributed by atoms with E-state index in [0.717, 1.165) is 6.04 Å². The number of hydrogen-bond donors (Lipinski definition) is 1. The quantitative estimate of drug-likeness (QED) is 0.937. The molecule has 1 N–H and O–H groups in total. The molecule has 0 radical (unpaired) electrons. The van der Waals surface area contributed by atoms with Gasteiger partial charge in [0.25, 0.3) is 0 Å². The molecule has 0 spiro atoms. The molecule has 4 heteroatoms. The number of anilines is 1. The van der Waals surface area contributed by atoms with Crippen LogP contribution in [-0.2, 0) is 0 Å². The van der Waals surface area contributed by atoms with Crippen LogP contribution < -0.4 is 4.90 Å². The smallest absolute Gasteiger partial charge is 0.110 e. The Labute approximate surface area is 144 Å². The largest absolute Gasteiger partial charge is 0.371 e. The first-order valence-electron chi connectivity index (χ1n) is 9.34. The number of aromatic nitrogens is 2. The van der Waals surface area contributed by atoms with E-state index in [4.69, 9.17) is 0 Å². The molecule has 2 saturated heterocycles. The summed E-state index contributed by atoms with van der Waals surface area (Å²) in [6.45, 7) is 6.93. The molecule has 0 amide bonds. The van der Waals surface area contributed by atoms with Gasteiger partial charge in [-0.1, -0.05) is 17.7 Å². The van der Waals surface area contributed by atoms with E-state index in [1.807, 2.05) is 12.4 Å². The zero-order chi connectivity index (χ0) is 16.4. The van der Waals surface area contributed by atoms with Crippen LogP contribution in [0.3, 0.4) is 0 Å². The third kappa shape index (κ3) is 3.34. The molecule has 4 rings (SSSR count). The number of nitrogens with zero attached hydrogens (tertiary/aromatic N) is 3. The Hall–Kier alpha value is -1.81. The number of nitrogens with one attached hydrogen (secondary N) is 1. The maximum atomic E-state index is 4.49. The zero-order valence-electron chi connectivity index (χ0n) is 14.6. The number of piperidine rings is 2. The van der Waals surface area contributed by atoms with Crippen LogP contribution in [0.5, 0.6) is 0 Å². The molecule has 4 nitrogen and oxygen atoms in total. The van der Waals surface area contributed by atoms with Gasteiger partial charge in [-0.2, -0.15) is 0 Å². The topological polar surface area (TPSA) is 35.2 Å². The second kappa shape index (κ2) is 6.98. The Morgan fingerprint density at radius 1 is 1.04 bits per heavy atom. The normalized spacial score (nSPS) is 23.5. The van der Waals surface area contributed by atoms with Crippen molar-refractivity contribution >= 4 is 5.69 Å². The van der Waals surface area contributed by atoms with Crippen molar-refractivity contribution in [2.75, 3.05) is 31.1 Å². The summed E-state index contributed by atoms with van der Waals surface area (Å²) in [5.41, 5.74) is 2.72. The standard InChI is InChI=1S/C20H28N4/c1-16-4-6-18(7-5-16)23-13-8-19(9-14-23)24-12-2-3-17(15-24)20-21-10-11-22-20/h4-7,10-11,17,19H,2-3,8-9,12-15H2,1H3,(H,21,22)/t17-/m1/s1. The van der Waals surface area contributed by atoms with Gasteiger partial charge in [-0.3, -0.25) is 4.90 Å². The third-order valence-corrected chi connectivity index (χ3v) is 5.74. The van der Waals surface area contributed by atoms with Gasteiger partial charge < -0.3 is 9.88 Å². The van der Waals surface area contributed by atoms with Crippen LogP contribution in [0.4, 0.5) is 5.69 Å². The van der Waals surface area contributed by atoms with E-state index in [9.17, 15) is 0 Å². The summed E-state index contributed by atoms with van der Waals surface area (Å²) in [4.78, 5) is 13.1. The van der Waals surface area contributed by atoms with Gasteiger partial charge in [0.05, 0.1) is 0 Å². The van der Waals surface area contributed by atoms with E-state index in [1.165, 1.54) is 68.9 Å². The summed E-state index contributed by atoms with van der Waals surface area (Å²) in [6.07, 6.45) is 8.95. The van der Waals surface area contributed by atoms with Gasteiger partial charge >= 0.3 is 0 Å². The predicted molar refractivity (Wildman–Crippen MR) is 98.5 cm³/mol. The molecule has 2 aromatic rings. The Kier molecular flexibility index (Phi) is 4.56. The molecule has 1 atom stereocenters. The highest BCUT2D eigenvalue weighted by molar-refractivity contribution is 5.47. The van der Waals surface area contributed by atoms with Crippen molar-refractivity contribution in [2.24, 2.45) is 0 Å². The van der Waals surface area contributed by atoms with Crippen molar-refractivity contribution in [2.45, 2.75) is 44.6 Å². The van der Waals surface area contributed by atoms with E-state index < -0.39 is 0 Å². The van der Waals surface area contributed by atoms with Crippen LogP contribution in [0.15, 0.2) is 36.7 Å². The third-order valence-electron chi connectivity index (χ3n) is 5.74. The van der Waals surface area contributed by atoms with Crippen molar-refractivity contribution in [3.8, 4) is 0 Å². The maximum Gasteiger partial charge on any atom is 0.110 e. The lowest BCUT2D eigenvalue weighted by molar-refractivity contribution is 0.126. The van der Waals surface area contributed by atoms with Crippen LogP contribution in [0.25, 0.3) is 0 Å². The van der Waals surface area contributed by atoms with E-state index in [-0.39, 0.29) is 0 Å². The van der Waals surface area contributed by atoms with E-state index in [1.54, 1.807) is 0 Å². The Bertz CT molecular complexity index is 626. The second-order valence-electron chi connectivity index (χ2n) is 7.36. The lowest BCUT2D eigenvalue weighted by atomic mass is 9.93. The number of aryl methyl sites for hydroxylation is 1. The van der Waals surface area contributed by atoms with Gasteiger partial charge in [-0.25, -0.2) is 4.98 Å². The van der Waals surface area contributed by atoms with Crippen molar-refractivity contribution in [3.05, 3.63) is 48.0 Å². The summed E-state index contributed by atoms with van der Waals surface area (Å²) < 4.78 is 0. The number of aromatic amines is 1. The molecule has 24 heavy (non-hydrogen) atoms. The van der Waals surface area contributed by atoms with E-state index >= 15 is 0 Å². The summed E-state index contributed by atoms with van der Waals surface area (Å²) in [5.74, 6) is 1.76. The highest BCUT2D eigenvalue weighted by Gasteiger charge is 2.30. The number of imidazole rings is 1. The van der Waals surface area contributed by atoms with Crippen LogP contribution in [0.1, 0.15) is 43.0 Å². The number of rotatable bonds is 3. The first kappa shape index (κ1) is 15.7. The molecule has 0 saturated carbocycles. The average molecular weight is 324 g/mol. The van der Waals surface area contributed by atoms with Crippen molar-refractivity contribution in [3.63, 3.8) is 0 Å². The fourth-order valence-corrected chi connectivity index (χ4v) is 4.31. The molecule has 2 aliphatic heterocycles. The fraction of sp³-hybridized carbons (Fsp3) is 0.550. The highest BCUT2D eigenvalue weighted by Crippen LogP contribution is 2.29. The number of hydrogen-bond acceptors (Lipinski definition) is 3. The minimum absolute atomic E-state index is 0.587. The molecule has 2 fully saturated rings. The first-order chi connectivity index (χ1) is 11.8. The summed E-state index contributed by atoms with van der Waals surface area (Å²) >= 11 is 0. The Morgan fingerprint density at radius 2 is 1.83 bits per heavy atom. The molecule has 2 aliphatic rings. The van der Waals surface area contributed by atoms with Gasteiger partial charge in [0.2, 0.25) is 0 Å². The van der Waals surface area contributed by atoms with Crippen LogP contribution >= 0.6 is 0 Å². The number of likely N-dealkylation sites (tertiary alicyclic amines) is 1. The first-order valence-corrected chi connectivity index (χ1v) is 9.34. The maximum absolute atomic E-state index is 4.49. The zero-order valence-corrected chi connectivity index (χ0v) is 14.6. The molecule has 128 valence electrons. The molecular formula is C20H28N4. The molecule has 3 heterocycles. The average Bonchev–Trinajstić information content (AvgIpc) is 3.17.